The van der Waals surface area contributed by atoms with Crippen molar-refractivity contribution < 1.29 is 0 Å². The monoisotopic (exact) mass is 218 g/mol. The van der Waals surface area contributed by atoms with Crippen molar-refractivity contribution in [2.24, 2.45) is 5.92 Å². The summed E-state index contributed by atoms with van der Waals surface area (Å²) in [5.74, 6) is 0.805. The molecular formula is C16H26. The Morgan fingerprint density at radius 2 is 1.62 bits per heavy atom. The second-order valence-corrected chi connectivity index (χ2v) is 5.63. The van der Waals surface area contributed by atoms with Gasteiger partial charge in [0, 0.05) is 0 Å². The molecule has 0 N–H and O–H groups in total. The van der Waals surface area contributed by atoms with Gasteiger partial charge in [-0.2, -0.15) is 0 Å². The highest BCUT2D eigenvalue weighted by Gasteiger charge is 2.18. The van der Waals surface area contributed by atoms with E-state index in [0.29, 0.717) is 0 Å². The van der Waals surface area contributed by atoms with Gasteiger partial charge in [0.15, 0.2) is 0 Å². The van der Waals surface area contributed by atoms with Gasteiger partial charge in [0.05, 0.1) is 0 Å². The van der Waals surface area contributed by atoms with Crippen molar-refractivity contribution in [3.63, 3.8) is 0 Å². The minimum Gasteiger partial charge on any atom is -0.0844 e. The number of rotatable bonds is 0. The van der Waals surface area contributed by atoms with Crippen LogP contribution in [0.25, 0.3) is 0 Å². The molecule has 0 amide bonds. The van der Waals surface area contributed by atoms with Gasteiger partial charge in [-0.25, -0.2) is 0 Å². The number of allylic oxidation sites excluding steroid dienone is 4. The zero-order valence-corrected chi connectivity index (χ0v) is 10.8. The lowest BCUT2D eigenvalue weighted by atomic mass is 9.93. The fourth-order valence-electron chi connectivity index (χ4n) is 3.13. The van der Waals surface area contributed by atoms with E-state index in [4.69, 9.17) is 0 Å². The second-order valence-electron chi connectivity index (χ2n) is 5.63. The van der Waals surface area contributed by atoms with Gasteiger partial charge in [-0.3, -0.25) is 0 Å². The van der Waals surface area contributed by atoms with Crippen molar-refractivity contribution in [2.45, 2.75) is 71.1 Å². The Morgan fingerprint density at radius 3 is 2.44 bits per heavy atom. The van der Waals surface area contributed by atoms with Gasteiger partial charge < -0.3 is 0 Å². The molecule has 2 aliphatic rings. The predicted octanol–water partition coefficient (Wildman–Crippen LogP) is 5.40. The molecule has 2 aliphatic carbocycles. The molecule has 16 heavy (non-hydrogen) atoms. The first-order chi connectivity index (χ1) is 7.86. The van der Waals surface area contributed by atoms with E-state index < -0.39 is 0 Å². The van der Waals surface area contributed by atoms with Crippen LogP contribution in [-0.4, -0.2) is 0 Å². The highest BCUT2D eigenvalue weighted by atomic mass is 14.2. The van der Waals surface area contributed by atoms with Crippen molar-refractivity contribution in [2.75, 3.05) is 0 Å². The summed E-state index contributed by atoms with van der Waals surface area (Å²) < 4.78 is 0. The SMILES string of the molecule is CC1=CC2CCCCCCCCC/C=C\2C1. The van der Waals surface area contributed by atoms with Crippen LogP contribution in [0.3, 0.4) is 0 Å². The molecule has 0 saturated carbocycles. The van der Waals surface area contributed by atoms with E-state index in [0.717, 1.165) is 5.92 Å². The lowest BCUT2D eigenvalue weighted by Gasteiger charge is -2.12. The Morgan fingerprint density at radius 1 is 0.938 bits per heavy atom. The predicted molar refractivity (Wildman–Crippen MR) is 71.5 cm³/mol. The Kier molecular flexibility index (Phi) is 4.69. The number of hydrogen-bond donors (Lipinski definition) is 0. The van der Waals surface area contributed by atoms with Crippen LogP contribution in [-0.2, 0) is 0 Å². The second kappa shape index (κ2) is 6.27. The molecule has 1 atom stereocenters. The van der Waals surface area contributed by atoms with Crippen LogP contribution in [0.1, 0.15) is 71.1 Å². The molecule has 0 aromatic rings. The molecule has 90 valence electrons. The van der Waals surface area contributed by atoms with Gasteiger partial charge in [0.25, 0.3) is 0 Å². The number of fused-ring (bicyclic) bond motifs is 1. The van der Waals surface area contributed by atoms with Crippen molar-refractivity contribution in [1.82, 2.24) is 0 Å². The first-order valence-electron chi connectivity index (χ1n) is 7.22. The third-order valence-corrected chi connectivity index (χ3v) is 4.07. The lowest BCUT2D eigenvalue weighted by Crippen LogP contribution is -1.97. The summed E-state index contributed by atoms with van der Waals surface area (Å²) in [5, 5.41) is 0. The highest BCUT2D eigenvalue weighted by molar-refractivity contribution is 5.28. The standard InChI is InChI=1S/C16H26/c1-14-12-15-10-8-6-4-2-3-5-7-9-11-16(15)13-14/h10,13,16H,2-9,11-12H2,1H3/b15-10-. The fraction of sp³-hybridized carbons (Fsp3) is 0.750. The Labute approximate surface area is 101 Å². The maximum atomic E-state index is 2.55. The molecule has 1 unspecified atom stereocenters. The minimum atomic E-state index is 0.805. The normalized spacial score (nSPS) is 31.7. The summed E-state index contributed by atoms with van der Waals surface area (Å²) in [5.41, 5.74) is 3.34. The van der Waals surface area contributed by atoms with Gasteiger partial charge in [-0.15, -0.1) is 0 Å². The van der Waals surface area contributed by atoms with Crippen LogP contribution in [0, 0.1) is 5.92 Å². The first kappa shape index (κ1) is 12.0. The average molecular weight is 218 g/mol. The zero-order valence-electron chi connectivity index (χ0n) is 10.8. The van der Waals surface area contributed by atoms with Crippen molar-refractivity contribution in [3.8, 4) is 0 Å². The maximum absolute atomic E-state index is 2.55. The molecule has 0 bridgehead atoms. The Bertz CT molecular complexity index is 270. The molecule has 0 aromatic carbocycles. The van der Waals surface area contributed by atoms with Crippen LogP contribution in [0.15, 0.2) is 23.3 Å². The van der Waals surface area contributed by atoms with Crippen LogP contribution in [0.2, 0.25) is 0 Å². The van der Waals surface area contributed by atoms with E-state index in [-0.39, 0.29) is 0 Å². The molecule has 0 saturated heterocycles. The van der Waals surface area contributed by atoms with E-state index in [1.165, 1.54) is 64.2 Å². The van der Waals surface area contributed by atoms with Gasteiger partial charge in [-0.05, 0) is 38.5 Å². The molecule has 0 nitrogen and oxygen atoms in total. The molecule has 0 heterocycles. The zero-order chi connectivity index (χ0) is 11.2. The summed E-state index contributed by atoms with van der Waals surface area (Å²) in [4.78, 5) is 0. The van der Waals surface area contributed by atoms with E-state index >= 15 is 0 Å². The molecule has 0 fully saturated rings. The summed E-state index contributed by atoms with van der Waals surface area (Å²) in [7, 11) is 0. The van der Waals surface area contributed by atoms with Crippen LogP contribution in [0.4, 0.5) is 0 Å². The number of hydrogen-bond acceptors (Lipinski definition) is 0. The van der Waals surface area contributed by atoms with E-state index in [2.05, 4.69) is 19.1 Å². The average Bonchev–Trinajstić information content (AvgIpc) is 2.59. The molecule has 0 heteroatoms. The van der Waals surface area contributed by atoms with Gasteiger partial charge in [-0.1, -0.05) is 61.8 Å². The third kappa shape index (κ3) is 3.50. The molecule has 0 aliphatic heterocycles. The largest absolute Gasteiger partial charge is 0.0844 e. The first-order valence-corrected chi connectivity index (χ1v) is 7.22. The minimum absolute atomic E-state index is 0.805. The van der Waals surface area contributed by atoms with Gasteiger partial charge in [0.2, 0.25) is 0 Å². The summed E-state index contributed by atoms with van der Waals surface area (Å²) in [6.45, 7) is 2.30. The molecule has 0 spiro atoms. The van der Waals surface area contributed by atoms with Gasteiger partial charge >= 0.3 is 0 Å². The van der Waals surface area contributed by atoms with Crippen molar-refractivity contribution in [3.05, 3.63) is 23.3 Å². The van der Waals surface area contributed by atoms with Crippen molar-refractivity contribution >= 4 is 0 Å². The Balaban J connectivity index is 1.94. The summed E-state index contributed by atoms with van der Waals surface area (Å²) >= 11 is 0. The fourth-order valence-corrected chi connectivity index (χ4v) is 3.13. The quantitative estimate of drug-likeness (QED) is 0.477. The molecule has 2 rings (SSSR count). The molecule has 0 radical (unpaired) electrons. The van der Waals surface area contributed by atoms with Crippen LogP contribution in [0.5, 0.6) is 0 Å². The topological polar surface area (TPSA) is 0 Å². The van der Waals surface area contributed by atoms with Crippen LogP contribution >= 0.6 is 0 Å². The van der Waals surface area contributed by atoms with Gasteiger partial charge in [0.1, 0.15) is 0 Å². The van der Waals surface area contributed by atoms with Crippen molar-refractivity contribution in [1.29, 1.82) is 0 Å². The Hall–Kier alpha value is -0.520. The highest BCUT2D eigenvalue weighted by Crippen LogP contribution is 2.34. The van der Waals surface area contributed by atoms with E-state index in [1.54, 1.807) is 11.1 Å². The summed E-state index contributed by atoms with van der Waals surface area (Å²) in [6.07, 6.45) is 19.2. The van der Waals surface area contributed by atoms with E-state index in [1.807, 2.05) is 0 Å². The third-order valence-electron chi connectivity index (χ3n) is 4.07. The molecular weight excluding hydrogens is 192 g/mol. The van der Waals surface area contributed by atoms with Crippen LogP contribution < -0.4 is 0 Å². The smallest absolute Gasteiger partial charge is 0.00174 e. The maximum Gasteiger partial charge on any atom is -0.00174 e. The van der Waals surface area contributed by atoms with E-state index in [9.17, 15) is 0 Å². The summed E-state index contributed by atoms with van der Waals surface area (Å²) in [6, 6.07) is 0. The molecule has 0 aromatic heterocycles. The lowest BCUT2D eigenvalue weighted by molar-refractivity contribution is 0.537.